The van der Waals surface area contributed by atoms with Gasteiger partial charge in [0.25, 0.3) is 0 Å². The molecule has 1 saturated heterocycles. The number of pyridine rings is 1. The van der Waals surface area contributed by atoms with Gasteiger partial charge in [-0.2, -0.15) is 0 Å². The van der Waals surface area contributed by atoms with Gasteiger partial charge in [0.2, 0.25) is 5.88 Å². The van der Waals surface area contributed by atoms with Gasteiger partial charge >= 0.3 is 0 Å². The molecule has 3 rings (SSSR count). The minimum Gasteiger partial charge on any atom is -0.496 e. The molecule has 1 aromatic heterocycles. The minimum absolute atomic E-state index is 0.563. The highest BCUT2D eigenvalue weighted by molar-refractivity contribution is 5.88. The fourth-order valence-corrected chi connectivity index (χ4v) is 2.92. The third kappa shape index (κ3) is 3.84. The molecule has 0 unspecified atom stereocenters. The van der Waals surface area contributed by atoms with Crippen molar-refractivity contribution >= 4 is 17.6 Å². The second-order valence-electron chi connectivity index (χ2n) is 5.78. The first kappa shape index (κ1) is 17.1. The molecule has 0 atom stereocenters. The highest BCUT2D eigenvalue weighted by Crippen LogP contribution is 2.36. The van der Waals surface area contributed by atoms with Crippen molar-refractivity contribution in [3.63, 3.8) is 0 Å². The molecule has 0 amide bonds. The van der Waals surface area contributed by atoms with Crippen LogP contribution in [-0.4, -0.2) is 45.6 Å². The van der Waals surface area contributed by atoms with Gasteiger partial charge in [0.1, 0.15) is 11.5 Å². The third-order valence-electron chi connectivity index (χ3n) is 4.26. The van der Waals surface area contributed by atoms with Crippen LogP contribution in [0.2, 0.25) is 0 Å². The maximum absolute atomic E-state index is 5.59. The lowest BCUT2D eigenvalue weighted by Crippen LogP contribution is -2.18. The summed E-state index contributed by atoms with van der Waals surface area (Å²) in [5, 5.41) is 0. The Kier molecular flexibility index (Phi) is 5.38. The lowest BCUT2D eigenvalue weighted by Gasteiger charge is -2.22. The first-order chi connectivity index (χ1) is 12.2. The van der Waals surface area contributed by atoms with Crippen molar-refractivity contribution in [3.8, 4) is 17.4 Å². The SMILES string of the molecule is COc1ccc(N=Cc2cc(OC)c(N3CCCC3)cc2OC)cn1. The van der Waals surface area contributed by atoms with E-state index in [1.165, 1.54) is 12.8 Å². The van der Waals surface area contributed by atoms with Gasteiger partial charge in [-0.15, -0.1) is 0 Å². The summed E-state index contributed by atoms with van der Waals surface area (Å²) in [5.74, 6) is 2.16. The smallest absolute Gasteiger partial charge is 0.213 e. The molecule has 6 heteroatoms. The molecule has 2 heterocycles. The average molecular weight is 341 g/mol. The van der Waals surface area contributed by atoms with Crippen molar-refractivity contribution in [2.45, 2.75) is 12.8 Å². The van der Waals surface area contributed by atoms with E-state index in [0.29, 0.717) is 5.88 Å². The van der Waals surface area contributed by atoms with E-state index in [2.05, 4.69) is 14.9 Å². The van der Waals surface area contributed by atoms with E-state index >= 15 is 0 Å². The van der Waals surface area contributed by atoms with Crippen LogP contribution in [0.15, 0.2) is 35.5 Å². The predicted molar refractivity (Wildman–Crippen MR) is 99.0 cm³/mol. The number of methoxy groups -OCH3 is 3. The summed E-state index contributed by atoms with van der Waals surface area (Å²) in [6.45, 7) is 2.09. The maximum Gasteiger partial charge on any atom is 0.213 e. The van der Waals surface area contributed by atoms with Crippen molar-refractivity contribution in [2.24, 2.45) is 4.99 Å². The Balaban J connectivity index is 1.90. The molecule has 0 radical (unpaired) electrons. The fourth-order valence-electron chi connectivity index (χ4n) is 2.92. The van der Waals surface area contributed by atoms with Crippen molar-refractivity contribution in [3.05, 3.63) is 36.0 Å². The Bertz CT molecular complexity index is 738. The van der Waals surface area contributed by atoms with E-state index in [1.807, 2.05) is 18.2 Å². The van der Waals surface area contributed by atoms with Gasteiger partial charge in [0, 0.05) is 37.0 Å². The number of aromatic nitrogens is 1. The molecule has 1 aliphatic heterocycles. The van der Waals surface area contributed by atoms with E-state index < -0.39 is 0 Å². The van der Waals surface area contributed by atoms with Crippen LogP contribution in [-0.2, 0) is 0 Å². The summed E-state index contributed by atoms with van der Waals surface area (Å²) in [6, 6.07) is 7.62. The highest BCUT2D eigenvalue weighted by atomic mass is 16.5. The number of aliphatic imine (C=N–C) groups is 1. The van der Waals surface area contributed by atoms with E-state index in [1.54, 1.807) is 39.8 Å². The summed E-state index contributed by atoms with van der Waals surface area (Å²) in [6.07, 6.45) is 5.84. The van der Waals surface area contributed by atoms with Crippen LogP contribution in [0.3, 0.4) is 0 Å². The summed E-state index contributed by atoms with van der Waals surface area (Å²) >= 11 is 0. The Labute approximate surface area is 148 Å². The Morgan fingerprint density at radius 3 is 2.36 bits per heavy atom. The van der Waals surface area contributed by atoms with Crippen molar-refractivity contribution in [2.75, 3.05) is 39.3 Å². The van der Waals surface area contributed by atoms with Crippen LogP contribution in [0, 0.1) is 0 Å². The zero-order valence-electron chi connectivity index (χ0n) is 14.9. The molecule has 6 nitrogen and oxygen atoms in total. The molecular formula is C19H23N3O3. The molecular weight excluding hydrogens is 318 g/mol. The number of hydrogen-bond acceptors (Lipinski definition) is 6. The summed E-state index contributed by atoms with van der Waals surface area (Å²) in [5.41, 5.74) is 2.67. The van der Waals surface area contributed by atoms with Crippen molar-refractivity contribution in [1.82, 2.24) is 4.98 Å². The third-order valence-corrected chi connectivity index (χ3v) is 4.26. The molecule has 0 aliphatic carbocycles. The number of nitrogens with zero attached hydrogens (tertiary/aromatic N) is 3. The molecule has 0 N–H and O–H groups in total. The zero-order valence-corrected chi connectivity index (χ0v) is 14.9. The van der Waals surface area contributed by atoms with E-state index in [0.717, 1.165) is 41.5 Å². The lowest BCUT2D eigenvalue weighted by atomic mass is 10.1. The maximum atomic E-state index is 5.59. The molecule has 0 spiro atoms. The highest BCUT2D eigenvalue weighted by Gasteiger charge is 2.19. The van der Waals surface area contributed by atoms with Crippen molar-refractivity contribution in [1.29, 1.82) is 0 Å². The first-order valence-corrected chi connectivity index (χ1v) is 8.30. The predicted octanol–water partition coefficient (Wildman–Crippen LogP) is 3.46. The van der Waals surface area contributed by atoms with Crippen LogP contribution in [0.5, 0.6) is 17.4 Å². The molecule has 1 aromatic carbocycles. The molecule has 1 fully saturated rings. The first-order valence-electron chi connectivity index (χ1n) is 8.30. The van der Waals surface area contributed by atoms with Crippen LogP contribution in [0.1, 0.15) is 18.4 Å². The lowest BCUT2D eigenvalue weighted by molar-refractivity contribution is 0.398. The number of ether oxygens (including phenoxy) is 3. The Hall–Kier alpha value is -2.76. The molecule has 25 heavy (non-hydrogen) atoms. The van der Waals surface area contributed by atoms with Crippen LogP contribution in [0.25, 0.3) is 0 Å². The second-order valence-corrected chi connectivity index (χ2v) is 5.78. The van der Waals surface area contributed by atoms with Gasteiger partial charge in [0.05, 0.1) is 38.9 Å². The number of benzene rings is 1. The standard InChI is InChI=1S/C19H23N3O3/c1-23-17-11-16(22-8-4-5-9-22)18(24-2)10-14(17)12-20-15-6-7-19(25-3)21-13-15/h6-7,10-13H,4-5,8-9H2,1-3H3. The van der Waals surface area contributed by atoms with Gasteiger partial charge < -0.3 is 19.1 Å². The normalized spacial score (nSPS) is 14.1. The average Bonchev–Trinajstić information content (AvgIpc) is 3.20. The van der Waals surface area contributed by atoms with E-state index in [9.17, 15) is 0 Å². The van der Waals surface area contributed by atoms with E-state index in [4.69, 9.17) is 14.2 Å². The molecule has 0 saturated carbocycles. The van der Waals surface area contributed by atoms with Gasteiger partial charge in [-0.05, 0) is 25.0 Å². The Morgan fingerprint density at radius 1 is 1.00 bits per heavy atom. The van der Waals surface area contributed by atoms with Gasteiger partial charge in [0.15, 0.2) is 0 Å². The number of rotatable bonds is 6. The molecule has 2 aromatic rings. The number of anilines is 1. The van der Waals surface area contributed by atoms with Crippen molar-refractivity contribution < 1.29 is 14.2 Å². The molecule has 132 valence electrons. The Morgan fingerprint density at radius 2 is 1.76 bits per heavy atom. The van der Waals surface area contributed by atoms with Crippen LogP contribution >= 0.6 is 0 Å². The van der Waals surface area contributed by atoms with Gasteiger partial charge in [-0.1, -0.05) is 0 Å². The van der Waals surface area contributed by atoms with E-state index in [-0.39, 0.29) is 0 Å². The summed E-state index contributed by atoms with van der Waals surface area (Å²) in [4.78, 5) is 11.0. The second kappa shape index (κ2) is 7.88. The fraction of sp³-hybridized carbons (Fsp3) is 0.368. The van der Waals surface area contributed by atoms with Gasteiger partial charge in [-0.25, -0.2) is 4.98 Å². The number of hydrogen-bond donors (Lipinski definition) is 0. The largest absolute Gasteiger partial charge is 0.496 e. The molecule has 0 bridgehead atoms. The monoisotopic (exact) mass is 341 g/mol. The quantitative estimate of drug-likeness (QED) is 0.753. The topological polar surface area (TPSA) is 56.2 Å². The minimum atomic E-state index is 0.563. The van der Waals surface area contributed by atoms with Crippen LogP contribution in [0.4, 0.5) is 11.4 Å². The zero-order chi connectivity index (χ0) is 17.6. The summed E-state index contributed by atoms with van der Waals surface area (Å²) in [7, 11) is 4.95. The van der Waals surface area contributed by atoms with Gasteiger partial charge in [-0.3, -0.25) is 4.99 Å². The summed E-state index contributed by atoms with van der Waals surface area (Å²) < 4.78 is 16.2. The molecule has 1 aliphatic rings. The van der Waals surface area contributed by atoms with Crippen LogP contribution < -0.4 is 19.1 Å².